The first-order valence-electron chi connectivity index (χ1n) is 6.73. The molecule has 0 rings (SSSR count). The monoisotopic (exact) mass is 312 g/mol. The van der Waals surface area contributed by atoms with Gasteiger partial charge in [-0.05, 0) is 0 Å². The lowest BCUT2D eigenvalue weighted by atomic mass is 10.7. The molecule has 0 amide bonds. The summed E-state index contributed by atoms with van der Waals surface area (Å²) in [6.45, 7) is 2.47. The molecule has 0 aliphatic carbocycles. The van der Waals surface area contributed by atoms with E-state index in [0.29, 0.717) is 33.0 Å². The molecule has 0 saturated heterocycles. The van der Waals surface area contributed by atoms with Gasteiger partial charge in [-0.15, -0.1) is 14.0 Å². The zero-order chi connectivity index (χ0) is 15.6. The van der Waals surface area contributed by atoms with Gasteiger partial charge in [-0.25, -0.2) is 0 Å². The van der Waals surface area contributed by atoms with Crippen molar-refractivity contribution < 1.29 is 19.1 Å². The average Bonchev–Trinajstić information content (AvgIpc) is 2.35. The molecule has 8 heteroatoms. The van der Waals surface area contributed by atoms with Crippen LogP contribution in [-0.2, 0) is 14.0 Å². The maximum absolute atomic E-state index is 8.56. The second-order valence-electron chi connectivity index (χ2n) is 4.84. The van der Waals surface area contributed by atoms with Crippen molar-refractivity contribution in [3.8, 4) is 0 Å². The molecule has 7 nitrogen and oxygen atoms in total. The Labute approximate surface area is 124 Å². The van der Waals surface area contributed by atoms with Crippen molar-refractivity contribution in [2.24, 2.45) is 0 Å². The van der Waals surface area contributed by atoms with Gasteiger partial charge in [0.1, 0.15) is 6.61 Å². The predicted octanol–water partition coefficient (Wildman–Crippen LogP) is 0.391. The molecule has 122 valence electrons. The molecule has 0 aromatic heterocycles. The standard InChI is InChI=1S/C12H31N3O4P/c1-13(2)20(14(3)4,15(5)6)19-12-11-18-10-9-17-8-7-16/h16H,7-12H2,1-6H3/q+1. The van der Waals surface area contributed by atoms with Gasteiger partial charge >= 0.3 is 7.94 Å². The molecule has 20 heavy (non-hydrogen) atoms. The zero-order valence-corrected chi connectivity index (χ0v) is 14.6. The SMILES string of the molecule is CN(C)[P+](OCCOCCOCCO)(N(C)C)N(C)C. The highest BCUT2D eigenvalue weighted by molar-refractivity contribution is 7.64. The first-order valence-corrected chi connectivity index (χ1v) is 8.29. The highest BCUT2D eigenvalue weighted by atomic mass is 31.2. The van der Waals surface area contributed by atoms with Gasteiger partial charge in [-0.2, -0.15) is 4.52 Å². The van der Waals surface area contributed by atoms with Crippen LogP contribution in [0.15, 0.2) is 0 Å². The summed E-state index contributed by atoms with van der Waals surface area (Å²) in [5, 5.41) is 8.56. The van der Waals surface area contributed by atoms with Gasteiger partial charge in [-0.1, -0.05) is 0 Å². The molecule has 0 fully saturated rings. The predicted molar refractivity (Wildman–Crippen MR) is 82.7 cm³/mol. The molecule has 0 saturated carbocycles. The van der Waals surface area contributed by atoms with Gasteiger partial charge in [0.15, 0.2) is 0 Å². The van der Waals surface area contributed by atoms with E-state index in [1.807, 2.05) is 42.3 Å². The summed E-state index contributed by atoms with van der Waals surface area (Å²) in [5.74, 6) is 0. The maximum atomic E-state index is 8.56. The van der Waals surface area contributed by atoms with Crippen LogP contribution in [0.25, 0.3) is 0 Å². The Kier molecular flexibility index (Phi) is 10.9. The number of aliphatic hydroxyl groups is 1. The molecular weight excluding hydrogens is 281 g/mol. The van der Waals surface area contributed by atoms with Gasteiger partial charge in [0.25, 0.3) is 0 Å². The van der Waals surface area contributed by atoms with E-state index in [-0.39, 0.29) is 6.61 Å². The quantitative estimate of drug-likeness (QED) is 0.413. The minimum Gasteiger partial charge on any atom is -0.394 e. The van der Waals surface area contributed by atoms with Crippen LogP contribution in [0.4, 0.5) is 0 Å². The second kappa shape index (κ2) is 10.8. The summed E-state index contributed by atoms with van der Waals surface area (Å²) in [4.78, 5) is 0. The maximum Gasteiger partial charge on any atom is 0.369 e. The summed E-state index contributed by atoms with van der Waals surface area (Å²) in [6.07, 6.45) is 0. The van der Waals surface area contributed by atoms with Crippen molar-refractivity contribution in [2.75, 3.05) is 81.9 Å². The minimum atomic E-state index is -1.92. The molecule has 0 atom stereocenters. The molecular formula is C12H31N3O4P+. The normalized spacial score (nSPS) is 12.9. The third-order valence-corrected chi connectivity index (χ3v) is 6.32. The lowest BCUT2D eigenvalue weighted by molar-refractivity contribution is 0.0230. The van der Waals surface area contributed by atoms with Crippen LogP contribution in [0.3, 0.4) is 0 Å². The number of ether oxygens (including phenoxy) is 2. The lowest BCUT2D eigenvalue weighted by Crippen LogP contribution is -2.38. The Balaban J connectivity index is 4.04. The summed E-state index contributed by atoms with van der Waals surface area (Å²) >= 11 is 0. The molecule has 0 unspecified atom stereocenters. The van der Waals surface area contributed by atoms with Crippen molar-refractivity contribution in [3.63, 3.8) is 0 Å². The summed E-state index contributed by atoms with van der Waals surface area (Å²) in [6, 6.07) is 0. The first-order chi connectivity index (χ1) is 9.39. The molecule has 0 aromatic rings. The largest absolute Gasteiger partial charge is 0.394 e. The van der Waals surface area contributed by atoms with Crippen LogP contribution in [0, 0.1) is 0 Å². The topological polar surface area (TPSA) is 57.6 Å². The molecule has 0 radical (unpaired) electrons. The average molecular weight is 312 g/mol. The van der Waals surface area contributed by atoms with Crippen molar-refractivity contribution in [3.05, 3.63) is 0 Å². The highest BCUT2D eigenvalue weighted by Crippen LogP contribution is 2.64. The van der Waals surface area contributed by atoms with Gasteiger partial charge in [0.2, 0.25) is 0 Å². The van der Waals surface area contributed by atoms with Crippen LogP contribution >= 0.6 is 7.94 Å². The number of hydrogen-bond acceptors (Lipinski definition) is 7. The molecule has 0 spiro atoms. The number of aliphatic hydroxyl groups excluding tert-OH is 1. The summed E-state index contributed by atoms with van der Waals surface area (Å²) in [5.41, 5.74) is 0. The number of rotatable bonds is 12. The Morgan fingerprint density at radius 1 is 0.700 bits per heavy atom. The Morgan fingerprint density at radius 2 is 1.10 bits per heavy atom. The Hall–Kier alpha value is 0.150. The molecule has 0 heterocycles. The van der Waals surface area contributed by atoms with Gasteiger partial charge in [0.05, 0.1) is 33.0 Å². The third kappa shape index (κ3) is 6.28. The fraction of sp³-hybridized carbons (Fsp3) is 1.00. The summed E-state index contributed by atoms with van der Waals surface area (Å²) in [7, 11) is 10.2. The van der Waals surface area contributed by atoms with Crippen LogP contribution in [0.5, 0.6) is 0 Å². The van der Waals surface area contributed by atoms with E-state index in [0.717, 1.165) is 0 Å². The van der Waals surface area contributed by atoms with E-state index < -0.39 is 7.94 Å². The van der Waals surface area contributed by atoms with Crippen molar-refractivity contribution >= 4 is 7.94 Å². The molecule has 0 aromatic carbocycles. The van der Waals surface area contributed by atoms with Gasteiger partial charge < -0.3 is 14.6 Å². The zero-order valence-electron chi connectivity index (χ0n) is 13.7. The molecule has 0 aliphatic heterocycles. The van der Waals surface area contributed by atoms with Gasteiger partial charge in [0, 0.05) is 42.3 Å². The fourth-order valence-electron chi connectivity index (χ4n) is 2.02. The summed E-state index contributed by atoms with van der Waals surface area (Å²) < 4.78 is 23.0. The van der Waals surface area contributed by atoms with E-state index in [1.165, 1.54) is 0 Å². The van der Waals surface area contributed by atoms with E-state index >= 15 is 0 Å². The van der Waals surface area contributed by atoms with Crippen LogP contribution < -0.4 is 0 Å². The highest BCUT2D eigenvalue weighted by Gasteiger charge is 2.50. The van der Waals surface area contributed by atoms with Crippen molar-refractivity contribution in [2.45, 2.75) is 0 Å². The second-order valence-corrected chi connectivity index (χ2v) is 8.52. The van der Waals surface area contributed by atoms with E-state index in [1.54, 1.807) is 0 Å². The first kappa shape index (κ1) is 20.1. The fourth-order valence-corrected chi connectivity index (χ4v) is 5.18. The number of nitrogens with zero attached hydrogens (tertiary/aromatic N) is 3. The number of hydrogen-bond donors (Lipinski definition) is 1. The molecule has 0 aliphatic rings. The van der Waals surface area contributed by atoms with Crippen LogP contribution in [0.1, 0.15) is 0 Å². The van der Waals surface area contributed by atoms with E-state index in [2.05, 4.69) is 14.0 Å². The molecule has 0 bridgehead atoms. The van der Waals surface area contributed by atoms with Crippen LogP contribution in [0.2, 0.25) is 0 Å². The lowest BCUT2D eigenvalue weighted by Gasteiger charge is -2.37. The van der Waals surface area contributed by atoms with Gasteiger partial charge in [-0.3, -0.25) is 0 Å². The van der Waals surface area contributed by atoms with E-state index in [4.69, 9.17) is 19.1 Å². The van der Waals surface area contributed by atoms with Crippen molar-refractivity contribution in [1.82, 2.24) is 14.0 Å². The van der Waals surface area contributed by atoms with E-state index in [9.17, 15) is 0 Å². The smallest absolute Gasteiger partial charge is 0.369 e. The molecule has 1 N–H and O–H groups in total. The van der Waals surface area contributed by atoms with Crippen molar-refractivity contribution in [1.29, 1.82) is 0 Å². The Morgan fingerprint density at radius 3 is 1.50 bits per heavy atom. The minimum absolute atomic E-state index is 0.0462. The Bertz CT molecular complexity index is 221. The van der Waals surface area contributed by atoms with Crippen LogP contribution in [-0.4, -0.2) is 101 Å². The third-order valence-electron chi connectivity index (χ3n) is 2.66.